The number of hydrogen-bond acceptors (Lipinski definition) is 8. The molecule has 2 aliphatic rings. The zero-order valence-electron chi connectivity index (χ0n) is 19.4. The van der Waals surface area contributed by atoms with E-state index in [0.29, 0.717) is 24.7 Å². The molecule has 4 heterocycles. The van der Waals surface area contributed by atoms with Gasteiger partial charge in [0.2, 0.25) is 0 Å². The molecule has 0 spiro atoms. The van der Waals surface area contributed by atoms with Crippen molar-refractivity contribution in [3.8, 4) is 0 Å². The number of fused-ring (bicyclic) bond motifs is 1. The summed E-state index contributed by atoms with van der Waals surface area (Å²) in [7, 11) is 4.36. The minimum absolute atomic E-state index is 0.0610. The number of piperazine rings is 1. The number of piperidine rings is 1. The topological polar surface area (TPSA) is 68.7 Å². The number of anilines is 1. The van der Waals surface area contributed by atoms with Crippen molar-refractivity contribution >= 4 is 33.5 Å². The molecule has 9 heteroatoms. The second kappa shape index (κ2) is 9.70. The Balaban J connectivity index is 1.13. The van der Waals surface area contributed by atoms with E-state index >= 15 is 0 Å². The molecule has 0 N–H and O–H groups in total. The fourth-order valence-electron chi connectivity index (χ4n) is 4.78. The summed E-state index contributed by atoms with van der Waals surface area (Å²) in [5, 5.41) is 4.09. The molecule has 5 rings (SSSR count). The van der Waals surface area contributed by atoms with Crippen molar-refractivity contribution in [1.82, 2.24) is 29.3 Å². The third kappa shape index (κ3) is 5.00. The first-order valence-electron chi connectivity index (χ1n) is 11.7. The van der Waals surface area contributed by atoms with Crippen LogP contribution in [0.4, 0.5) is 5.82 Å². The molecular weight excluding hydrogens is 434 g/mol. The predicted molar refractivity (Wildman–Crippen MR) is 132 cm³/mol. The van der Waals surface area contributed by atoms with Gasteiger partial charge in [0.15, 0.2) is 0 Å². The van der Waals surface area contributed by atoms with E-state index in [0.717, 1.165) is 48.8 Å². The van der Waals surface area contributed by atoms with Crippen LogP contribution in [0.5, 0.6) is 0 Å². The number of carbonyl (C=O) groups excluding carboxylic acids is 1. The Morgan fingerprint density at radius 2 is 1.85 bits per heavy atom. The molecule has 0 aliphatic carbocycles. The van der Waals surface area contributed by atoms with Crippen LogP contribution in [0.15, 0.2) is 36.5 Å². The van der Waals surface area contributed by atoms with Crippen LogP contribution in [0, 0.1) is 0 Å². The molecule has 174 valence electrons. The fourth-order valence-corrected chi connectivity index (χ4v) is 5.32. The highest BCUT2D eigenvalue weighted by molar-refractivity contribution is 7.12. The van der Waals surface area contributed by atoms with Crippen LogP contribution in [-0.4, -0.2) is 94.6 Å². The number of aromatic nitrogens is 3. The van der Waals surface area contributed by atoms with E-state index < -0.39 is 0 Å². The van der Waals surface area contributed by atoms with E-state index in [-0.39, 0.29) is 5.91 Å². The van der Waals surface area contributed by atoms with Crippen molar-refractivity contribution < 1.29 is 4.79 Å². The number of hydrogen-bond donors (Lipinski definition) is 0. The third-order valence-electron chi connectivity index (χ3n) is 6.89. The van der Waals surface area contributed by atoms with Crippen molar-refractivity contribution in [3.05, 3.63) is 47.7 Å². The van der Waals surface area contributed by atoms with Gasteiger partial charge in [-0.25, -0.2) is 4.98 Å². The fraction of sp³-hybridized carbons (Fsp3) is 0.500. The monoisotopic (exact) mass is 465 g/mol. The number of pyridine rings is 1. The highest BCUT2D eigenvalue weighted by Gasteiger charge is 2.24. The molecule has 2 aromatic heterocycles. The Bertz CT molecular complexity index is 1080. The number of rotatable bonds is 5. The van der Waals surface area contributed by atoms with Crippen LogP contribution in [0.3, 0.4) is 0 Å². The number of amides is 1. The Morgan fingerprint density at radius 3 is 2.55 bits per heavy atom. The van der Waals surface area contributed by atoms with E-state index in [4.69, 9.17) is 4.98 Å². The molecule has 2 aliphatic heterocycles. The molecule has 2 fully saturated rings. The molecule has 0 radical (unpaired) electrons. The molecule has 0 saturated carbocycles. The van der Waals surface area contributed by atoms with Crippen molar-refractivity contribution in [1.29, 1.82) is 0 Å². The summed E-state index contributed by atoms with van der Waals surface area (Å²) in [6.45, 7) is 6.22. The second-order valence-corrected chi connectivity index (χ2v) is 10.0. The van der Waals surface area contributed by atoms with Crippen LogP contribution in [0.2, 0.25) is 0 Å². The minimum Gasteiger partial charge on any atom is -0.353 e. The normalized spacial score (nSPS) is 18.4. The lowest BCUT2D eigenvalue weighted by Gasteiger charge is -2.36. The summed E-state index contributed by atoms with van der Waals surface area (Å²) in [5.74, 6) is 1.05. The summed E-state index contributed by atoms with van der Waals surface area (Å²) in [4.78, 5) is 26.7. The summed E-state index contributed by atoms with van der Waals surface area (Å²) in [6.07, 6.45) is 4.48. The SMILES string of the molecule is CN(C)C1CCN(Cc2ccc(N3CCN(C(=O)c4ccc5snnc5c4)CC3)nc2)CC1. The maximum Gasteiger partial charge on any atom is 0.254 e. The van der Waals surface area contributed by atoms with E-state index in [1.807, 2.05) is 29.3 Å². The molecule has 2 saturated heterocycles. The van der Waals surface area contributed by atoms with E-state index in [2.05, 4.69) is 50.5 Å². The van der Waals surface area contributed by atoms with Crippen LogP contribution >= 0.6 is 11.5 Å². The highest BCUT2D eigenvalue weighted by Crippen LogP contribution is 2.21. The molecule has 3 aromatic rings. The second-order valence-electron chi connectivity index (χ2n) is 9.23. The molecule has 0 atom stereocenters. The van der Waals surface area contributed by atoms with Gasteiger partial charge in [0.05, 0.1) is 4.70 Å². The number of likely N-dealkylation sites (tertiary alicyclic amines) is 1. The Hall–Kier alpha value is -2.62. The summed E-state index contributed by atoms with van der Waals surface area (Å²) in [6, 6.07) is 10.7. The Kier molecular flexibility index (Phi) is 6.52. The molecule has 33 heavy (non-hydrogen) atoms. The van der Waals surface area contributed by atoms with Gasteiger partial charge in [-0.2, -0.15) is 0 Å². The van der Waals surface area contributed by atoms with Crippen molar-refractivity contribution in [2.45, 2.75) is 25.4 Å². The van der Waals surface area contributed by atoms with E-state index in [1.165, 1.54) is 29.9 Å². The van der Waals surface area contributed by atoms with Crippen molar-refractivity contribution in [2.75, 3.05) is 58.3 Å². The molecular formula is C24H31N7OS. The molecule has 0 unspecified atom stereocenters. The Labute approximate surface area is 199 Å². The summed E-state index contributed by atoms with van der Waals surface area (Å²) >= 11 is 1.35. The first kappa shape index (κ1) is 22.2. The predicted octanol–water partition coefficient (Wildman–Crippen LogP) is 2.57. The largest absolute Gasteiger partial charge is 0.353 e. The van der Waals surface area contributed by atoms with Crippen molar-refractivity contribution in [3.63, 3.8) is 0 Å². The minimum atomic E-state index is 0.0610. The number of carbonyl (C=O) groups is 1. The Morgan fingerprint density at radius 1 is 1.06 bits per heavy atom. The molecule has 1 amide bonds. The van der Waals surface area contributed by atoms with E-state index in [9.17, 15) is 4.79 Å². The lowest BCUT2D eigenvalue weighted by molar-refractivity contribution is 0.0746. The molecule has 8 nitrogen and oxygen atoms in total. The zero-order valence-corrected chi connectivity index (χ0v) is 20.2. The van der Waals surface area contributed by atoms with Crippen LogP contribution in [0.25, 0.3) is 10.2 Å². The van der Waals surface area contributed by atoms with Crippen LogP contribution in [0.1, 0.15) is 28.8 Å². The molecule has 0 bridgehead atoms. The summed E-state index contributed by atoms with van der Waals surface area (Å²) in [5.41, 5.74) is 2.74. The summed E-state index contributed by atoms with van der Waals surface area (Å²) < 4.78 is 4.96. The van der Waals surface area contributed by atoms with Gasteiger partial charge >= 0.3 is 0 Å². The van der Waals surface area contributed by atoms with Crippen LogP contribution in [-0.2, 0) is 6.54 Å². The van der Waals surface area contributed by atoms with Crippen molar-refractivity contribution in [2.24, 2.45) is 0 Å². The van der Waals surface area contributed by atoms with Crippen LogP contribution < -0.4 is 4.90 Å². The smallest absolute Gasteiger partial charge is 0.254 e. The maximum absolute atomic E-state index is 12.9. The van der Waals surface area contributed by atoms with E-state index in [1.54, 1.807) is 0 Å². The quantitative estimate of drug-likeness (QED) is 0.574. The standard InChI is InChI=1S/C24H31N7OS/c1-28(2)20-7-9-29(10-8-20)17-18-3-6-23(25-16-18)30-11-13-31(14-12-30)24(32)19-4-5-22-21(15-19)26-27-33-22/h3-6,15-16,20H,7-14,17H2,1-2H3. The van der Waals surface area contributed by atoms with Gasteiger partial charge in [-0.05, 0) is 81.4 Å². The number of nitrogens with zero attached hydrogens (tertiary/aromatic N) is 7. The highest BCUT2D eigenvalue weighted by atomic mass is 32.1. The first-order chi connectivity index (χ1) is 16.1. The zero-order chi connectivity index (χ0) is 22.8. The average Bonchev–Trinajstić information content (AvgIpc) is 3.33. The van der Waals surface area contributed by atoms with Gasteiger partial charge in [-0.1, -0.05) is 10.6 Å². The molecule has 1 aromatic carbocycles. The number of benzene rings is 1. The van der Waals surface area contributed by atoms with Gasteiger partial charge in [0.1, 0.15) is 11.3 Å². The lowest BCUT2D eigenvalue weighted by Crippen LogP contribution is -2.49. The van der Waals surface area contributed by atoms with Gasteiger partial charge in [0.25, 0.3) is 5.91 Å². The van der Waals surface area contributed by atoms with Gasteiger partial charge < -0.3 is 14.7 Å². The maximum atomic E-state index is 12.9. The van der Waals surface area contributed by atoms with Gasteiger partial charge in [-0.15, -0.1) is 5.10 Å². The van der Waals surface area contributed by atoms with Gasteiger partial charge in [-0.3, -0.25) is 9.69 Å². The first-order valence-corrected chi connectivity index (χ1v) is 12.4. The lowest BCUT2D eigenvalue weighted by atomic mass is 10.0. The third-order valence-corrected chi connectivity index (χ3v) is 7.59. The average molecular weight is 466 g/mol. The van der Waals surface area contributed by atoms with Gasteiger partial charge in [0, 0.05) is 50.5 Å².